The van der Waals surface area contributed by atoms with Crippen molar-refractivity contribution >= 4 is 5.97 Å². The highest BCUT2D eigenvalue weighted by molar-refractivity contribution is 5.69. The van der Waals surface area contributed by atoms with E-state index in [0.29, 0.717) is 13.0 Å². The number of rotatable bonds is 10. The second-order valence-corrected chi connectivity index (χ2v) is 4.60. The van der Waals surface area contributed by atoms with E-state index in [9.17, 15) is 4.79 Å². The fraction of sp³-hybridized carbons (Fsp3) is 0.923. The summed E-state index contributed by atoms with van der Waals surface area (Å²) in [6, 6.07) is 0. The molecule has 1 saturated carbocycles. The van der Waals surface area contributed by atoms with Gasteiger partial charge in [-0.2, -0.15) is 0 Å². The predicted molar refractivity (Wildman–Crippen MR) is 65.3 cm³/mol. The highest BCUT2D eigenvalue weighted by atomic mass is 16.5. The van der Waals surface area contributed by atoms with Crippen LogP contribution in [0.1, 0.15) is 51.9 Å². The van der Waals surface area contributed by atoms with Gasteiger partial charge in [-0.3, -0.25) is 4.79 Å². The zero-order chi connectivity index (χ0) is 11.6. The zero-order valence-corrected chi connectivity index (χ0v) is 10.5. The van der Waals surface area contributed by atoms with Crippen LogP contribution < -0.4 is 5.32 Å². The Morgan fingerprint density at radius 2 is 2.06 bits per heavy atom. The minimum absolute atomic E-state index is 0.0517. The van der Waals surface area contributed by atoms with Gasteiger partial charge in [-0.15, -0.1) is 0 Å². The second kappa shape index (κ2) is 8.57. The maximum Gasteiger partial charge on any atom is 0.305 e. The van der Waals surface area contributed by atoms with Gasteiger partial charge < -0.3 is 10.1 Å². The Labute approximate surface area is 98.9 Å². The van der Waals surface area contributed by atoms with Crippen molar-refractivity contribution in [3.05, 3.63) is 0 Å². The molecule has 0 atom stereocenters. The van der Waals surface area contributed by atoms with Crippen LogP contribution in [0.15, 0.2) is 0 Å². The van der Waals surface area contributed by atoms with Crippen LogP contribution in [0.25, 0.3) is 0 Å². The van der Waals surface area contributed by atoms with Crippen LogP contribution in [0.3, 0.4) is 0 Å². The number of esters is 1. The molecule has 0 saturated heterocycles. The number of ether oxygens (including phenoxy) is 1. The van der Waals surface area contributed by atoms with Crippen LogP contribution in [-0.2, 0) is 9.53 Å². The molecule has 1 aliphatic rings. The average molecular weight is 227 g/mol. The largest absolute Gasteiger partial charge is 0.466 e. The molecule has 0 amide bonds. The number of carbonyl (C=O) groups excluding carboxylic acids is 1. The van der Waals surface area contributed by atoms with Gasteiger partial charge in [-0.25, -0.2) is 0 Å². The first-order valence-corrected chi connectivity index (χ1v) is 6.69. The maximum atomic E-state index is 11.0. The molecule has 1 N–H and O–H groups in total. The fourth-order valence-corrected chi connectivity index (χ4v) is 1.77. The summed E-state index contributed by atoms with van der Waals surface area (Å²) >= 11 is 0. The summed E-state index contributed by atoms with van der Waals surface area (Å²) in [6.45, 7) is 4.61. The summed E-state index contributed by atoms with van der Waals surface area (Å²) < 4.78 is 4.87. The highest BCUT2D eigenvalue weighted by Crippen LogP contribution is 2.31. The molecule has 1 rings (SSSR count). The second-order valence-electron chi connectivity index (χ2n) is 4.60. The van der Waals surface area contributed by atoms with Gasteiger partial charge in [0, 0.05) is 6.42 Å². The number of nitrogens with one attached hydrogen (secondary N) is 1. The minimum Gasteiger partial charge on any atom is -0.466 e. The van der Waals surface area contributed by atoms with Crippen molar-refractivity contribution in [1.29, 1.82) is 0 Å². The SMILES string of the molecule is CCOC(=O)CCCCCNCCC1CC1. The first kappa shape index (κ1) is 13.5. The number of hydrogen-bond donors (Lipinski definition) is 1. The van der Waals surface area contributed by atoms with Crippen molar-refractivity contribution in [2.75, 3.05) is 19.7 Å². The van der Waals surface area contributed by atoms with Gasteiger partial charge in [0.05, 0.1) is 6.61 Å². The first-order chi connectivity index (χ1) is 7.83. The van der Waals surface area contributed by atoms with E-state index in [-0.39, 0.29) is 5.97 Å². The Kier molecular flexibility index (Phi) is 7.23. The van der Waals surface area contributed by atoms with E-state index in [1.54, 1.807) is 0 Å². The monoisotopic (exact) mass is 227 g/mol. The van der Waals surface area contributed by atoms with E-state index in [4.69, 9.17) is 4.74 Å². The Bertz CT molecular complexity index is 190. The Morgan fingerprint density at radius 1 is 1.25 bits per heavy atom. The van der Waals surface area contributed by atoms with Crippen molar-refractivity contribution in [2.45, 2.75) is 51.9 Å². The Morgan fingerprint density at radius 3 is 2.75 bits per heavy atom. The Hall–Kier alpha value is -0.570. The lowest BCUT2D eigenvalue weighted by atomic mass is 10.2. The van der Waals surface area contributed by atoms with E-state index >= 15 is 0 Å². The molecule has 94 valence electrons. The van der Waals surface area contributed by atoms with E-state index in [1.165, 1.54) is 32.2 Å². The summed E-state index contributed by atoms with van der Waals surface area (Å²) in [4.78, 5) is 11.0. The fourth-order valence-electron chi connectivity index (χ4n) is 1.77. The van der Waals surface area contributed by atoms with Gasteiger partial charge in [0.15, 0.2) is 0 Å². The van der Waals surface area contributed by atoms with E-state index in [2.05, 4.69) is 5.32 Å². The van der Waals surface area contributed by atoms with Gasteiger partial charge in [0.1, 0.15) is 0 Å². The first-order valence-electron chi connectivity index (χ1n) is 6.69. The summed E-state index contributed by atoms with van der Waals surface area (Å²) in [7, 11) is 0. The maximum absolute atomic E-state index is 11.0. The molecule has 0 aromatic heterocycles. The van der Waals surface area contributed by atoms with Gasteiger partial charge in [-0.1, -0.05) is 19.3 Å². The van der Waals surface area contributed by atoms with Crippen LogP contribution in [-0.4, -0.2) is 25.7 Å². The summed E-state index contributed by atoms with van der Waals surface area (Å²) in [5, 5.41) is 3.45. The van der Waals surface area contributed by atoms with Crippen LogP contribution in [0, 0.1) is 5.92 Å². The summed E-state index contributed by atoms with van der Waals surface area (Å²) in [6.07, 6.45) is 8.07. The zero-order valence-electron chi connectivity index (χ0n) is 10.5. The van der Waals surface area contributed by atoms with E-state index < -0.39 is 0 Å². The molecular formula is C13H25NO2. The molecule has 0 bridgehead atoms. The Balaban J connectivity index is 1.71. The van der Waals surface area contributed by atoms with Crippen LogP contribution in [0.5, 0.6) is 0 Å². The van der Waals surface area contributed by atoms with Gasteiger partial charge >= 0.3 is 5.97 Å². The predicted octanol–water partition coefficient (Wildman–Crippen LogP) is 2.50. The molecule has 0 spiro atoms. The lowest BCUT2D eigenvalue weighted by Crippen LogP contribution is -2.17. The molecular weight excluding hydrogens is 202 g/mol. The molecule has 1 fully saturated rings. The lowest BCUT2D eigenvalue weighted by molar-refractivity contribution is -0.143. The third-order valence-corrected chi connectivity index (χ3v) is 2.97. The van der Waals surface area contributed by atoms with Crippen molar-refractivity contribution in [2.24, 2.45) is 5.92 Å². The average Bonchev–Trinajstić information content (AvgIpc) is 3.06. The van der Waals surface area contributed by atoms with Gasteiger partial charge in [-0.05, 0) is 45.2 Å². The topological polar surface area (TPSA) is 38.3 Å². The van der Waals surface area contributed by atoms with E-state index in [1.807, 2.05) is 6.92 Å². The molecule has 0 aromatic carbocycles. The standard InChI is InChI=1S/C13H25NO2/c1-2-16-13(15)6-4-3-5-10-14-11-9-12-7-8-12/h12,14H,2-11H2,1H3. The molecule has 0 heterocycles. The molecule has 3 heteroatoms. The van der Waals surface area contributed by atoms with Crippen LogP contribution in [0.2, 0.25) is 0 Å². The van der Waals surface area contributed by atoms with Gasteiger partial charge in [0.25, 0.3) is 0 Å². The molecule has 0 unspecified atom stereocenters. The molecule has 0 aliphatic heterocycles. The molecule has 0 radical (unpaired) electrons. The minimum atomic E-state index is -0.0517. The van der Waals surface area contributed by atoms with Gasteiger partial charge in [0.2, 0.25) is 0 Å². The third-order valence-electron chi connectivity index (χ3n) is 2.97. The van der Waals surface area contributed by atoms with Crippen LogP contribution >= 0.6 is 0 Å². The number of carbonyl (C=O) groups is 1. The quantitative estimate of drug-likeness (QED) is 0.460. The number of hydrogen-bond acceptors (Lipinski definition) is 3. The molecule has 16 heavy (non-hydrogen) atoms. The van der Waals surface area contributed by atoms with Crippen LogP contribution in [0.4, 0.5) is 0 Å². The third kappa shape index (κ3) is 7.69. The highest BCUT2D eigenvalue weighted by Gasteiger charge is 2.19. The number of unbranched alkanes of at least 4 members (excludes halogenated alkanes) is 2. The smallest absolute Gasteiger partial charge is 0.305 e. The molecule has 3 nitrogen and oxygen atoms in total. The van der Waals surface area contributed by atoms with E-state index in [0.717, 1.165) is 25.3 Å². The normalized spacial score (nSPS) is 15.1. The van der Waals surface area contributed by atoms with Crippen molar-refractivity contribution in [3.63, 3.8) is 0 Å². The summed E-state index contributed by atoms with van der Waals surface area (Å²) in [5.74, 6) is 0.973. The lowest BCUT2D eigenvalue weighted by Gasteiger charge is -2.04. The molecule has 0 aromatic rings. The van der Waals surface area contributed by atoms with Crippen molar-refractivity contribution in [3.8, 4) is 0 Å². The molecule has 1 aliphatic carbocycles. The van der Waals surface area contributed by atoms with Crippen molar-refractivity contribution < 1.29 is 9.53 Å². The summed E-state index contributed by atoms with van der Waals surface area (Å²) in [5.41, 5.74) is 0. The van der Waals surface area contributed by atoms with Crippen molar-refractivity contribution in [1.82, 2.24) is 5.32 Å².